The molecule has 6 saturated heterocycles. The highest BCUT2D eigenvalue weighted by molar-refractivity contribution is 5.69. The topological polar surface area (TPSA) is 367 Å². The molecule has 0 spiro atoms. The Morgan fingerprint density at radius 1 is 0.367 bits per heavy atom. The summed E-state index contributed by atoms with van der Waals surface area (Å²) >= 11 is 0. The van der Waals surface area contributed by atoms with Crippen molar-refractivity contribution in [3.8, 4) is 5.75 Å². The van der Waals surface area contributed by atoms with Crippen molar-refractivity contribution in [2.24, 2.45) is 0 Å². The molecule has 18 rings (SSSR count). The van der Waals surface area contributed by atoms with Crippen LogP contribution >= 0.6 is 0 Å². The third kappa shape index (κ3) is 21.3. The molecule has 6 aliphatic rings. The number of methoxy groups -OCH3 is 1. The Morgan fingerprint density at radius 2 is 0.775 bits per heavy atom. The van der Waals surface area contributed by atoms with E-state index in [0.717, 1.165) is 205 Å². The number of piperidine rings is 2. The third-order valence-corrected chi connectivity index (χ3v) is 22.1. The summed E-state index contributed by atoms with van der Waals surface area (Å²) in [6.07, 6.45) is 17.3. The van der Waals surface area contributed by atoms with Crippen LogP contribution in [0.15, 0.2) is 208 Å². The summed E-state index contributed by atoms with van der Waals surface area (Å²) in [7, 11) is 1.68. The first kappa shape index (κ1) is 80.4. The second-order valence-corrected chi connectivity index (χ2v) is 30.3. The van der Waals surface area contributed by atoms with Crippen LogP contribution in [-0.2, 0) is 19.3 Å². The number of rotatable bonds is 22. The molecule has 0 unspecified atom stereocenters. The van der Waals surface area contributed by atoms with Gasteiger partial charge in [0.2, 0.25) is 53.5 Å². The van der Waals surface area contributed by atoms with Crippen LogP contribution in [0.4, 0.5) is 93.5 Å². The maximum atomic E-state index is 9.98. The van der Waals surface area contributed by atoms with Gasteiger partial charge >= 0.3 is 0 Å². The summed E-state index contributed by atoms with van der Waals surface area (Å²) in [5.74, 6) is 6.79. The molecule has 12 aromatic rings. The van der Waals surface area contributed by atoms with E-state index < -0.39 is 12.2 Å². The van der Waals surface area contributed by atoms with E-state index in [2.05, 4.69) is 208 Å². The Labute approximate surface area is 697 Å². The van der Waals surface area contributed by atoms with Gasteiger partial charge in [0, 0.05) is 221 Å². The summed E-state index contributed by atoms with van der Waals surface area (Å²) in [6, 6.07) is 53.1. The molecule has 12 heterocycles. The van der Waals surface area contributed by atoms with Crippen molar-refractivity contribution in [3.63, 3.8) is 0 Å². The van der Waals surface area contributed by atoms with Crippen molar-refractivity contribution in [2.75, 3.05) is 204 Å². The molecule has 120 heavy (non-hydrogen) atoms. The van der Waals surface area contributed by atoms with Crippen LogP contribution in [0.2, 0.25) is 0 Å². The van der Waals surface area contributed by atoms with E-state index in [1.807, 2.05) is 116 Å². The normalized spacial score (nSPS) is 17.6. The van der Waals surface area contributed by atoms with E-state index in [0.29, 0.717) is 79.9 Å². The smallest absolute Gasteiger partial charge is 0.232 e. The number of aliphatic hydroxyl groups is 3. The van der Waals surface area contributed by atoms with Gasteiger partial charge in [-0.25, -0.2) is 54.8 Å². The van der Waals surface area contributed by atoms with Crippen molar-refractivity contribution in [1.82, 2.24) is 80.1 Å². The van der Waals surface area contributed by atoms with Crippen LogP contribution in [0.3, 0.4) is 0 Å². The highest BCUT2D eigenvalue weighted by atomic mass is 16.5. The molecule has 0 radical (unpaired) electrons. The first-order valence-corrected chi connectivity index (χ1v) is 41.1. The van der Waals surface area contributed by atoms with Crippen LogP contribution in [0, 0.1) is 0 Å². The first-order valence-electron chi connectivity index (χ1n) is 41.1. The maximum Gasteiger partial charge on any atom is 0.232 e. The zero-order chi connectivity index (χ0) is 81.8. The van der Waals surface area contributed by atoms with Crippen LogP contribution in [0.5, 0.6) is 5.75 Å². The number of piperazine rings is 4. The molecule has 6 fully saturated rings. The second-order valence-electron chi connectivity index (χ2n) is 30.3. The van der Waals surface area contributed by atoms with Crippen LogP contribution in [0.1, 0.15) is 52.6 Å². The van der Waals surface area contributed by atoms with Gasteiger partial charge in [-0.3, -0.25) is 0 Å². The highest BCUT2D eigenvalue weighted by Gasteiger charge is 2.29. The van der Waals surface area contributed by atoms with Crippen molar-refractivity contribution in [3.05, 3.63) is 241 Å². The van der Waals surface area contributed by atoms with Crippen molar-refractivity contribution in [2.45, 2.75) is 56.8 Å². The van der Waals surface area contributed by atoms with Gasteiger partial charge in [-0.1, -0.05) is 91.0 Å². The van der Waals surface area contributed by atoms with E-state index in [-0.39, 0.29) is 6.10 Å². The molecule has 6 aromatic heterocycles. The van der Waals surface area contributed by atoms with Gasteiger partial charge in [0.1, 0.15) is 30.5 Å². The Balaban J connectivity index is 0.000000134. The molecule has 9 N–H and O–H groups in total. The fraction of sp³-hybridized carbons (Fsp3) is 0.345. The largest absolute Gasteiger partial charge is 0.494 e. The molecule has 6 aliphatic heterocycles. The van der Waals surface area contributed by atoms with Gasteiger partial charge < -0.3 is 91.2 Å². The van der Waals surface area contributed by atoms with E-state index in [4.69, 9.17) is 15.5 Å². The lowest BCUT2D eigenvalue weighted by Gasteiger charge is -2.35. The van der Waals surface area contributed by atoms with Gasteiger partial charge in [0.25, 0.3) is 0 Å². The van der Waals surface area contributed by atoms with Gasteiger partial charge in [-0.05, 0) is 108 Å². The summed E-state index contributed by atoms with van der Waals surface area (Å²) in [4.78, 5) is 87.6. The number of aromatic nitrogens is 15. The fourth-order valence-corrected chi connectivity index (χ4v) is 15.3. The Bertz CT molecular complexity index is 5210. The summed E-state index contributed by atoms with van der Waals surface area (Å²) in [5.41, 5.74) is 18.9. The summed E-state index contributed by atoms with van der Waals surface area (Å²) < 4.78 is 5.68. The van der Waals surface area contributed by atoms with Gasteiger partial charge in [0.15, 0.2) is 0 Å². The third-order valence-electron chi connectivity index (χ3n) is 22.1. The molecule has 33 heteroatoms. The standard InChI is InChI=1S/2C29H34N10O.C29H33N9O2/c1-40-26-18-24(37-11-9-30-10-12-37)7-8-25(26)35-27-33-21-34-29(36-27)39-15-13-38(14-16-39)28-31-19-23(20-32-28)17-22-5-3-2-4-6-22;30-26-22(17-21-5-2-1-3-6-21)18-31-28(35-26)37-13-15-38(16-14-37)29-33-20-32-27(36-29)34-23-8-10-24(11-9-23)39-12-4-7-25(40)19-39;39-25-10-11-38(19-26(25)40)24-8-6-23(7-9-24)34-27-32-20-33-29(35-27)37-14-12-36(13-15-37)28-30-17-22(18-31-28)16-21-4-2-1-3-5-21/h2-8,18-21,30H,9-17H2,1H3,(H,33,34,35,36);1-3,5-6,8-11,18,20,25,40H,4,7,12-17,19H2,(H2,30,31,35)(H,32,33,34,36);1-9,17-18,20,25-26,39-40H,10-16,19H2,(H,32,33,34,35)/t;25-;25-,26+/m.11/s1. The molecule has 0 bridgehead atoms. The van der Waals surface area contributed by atoms with E-state index >= 15 is 0 Å². The number of hydrogen-bond donors (Lipinski definition) is 8. The van der Waals surface area contributed by atoms with Gasteiger partial charge in [-0.2, -0.15) is 19.9 Å². The number of β-amino-alcohol motifs (C(OH)–C–C–N with tert-alkyl or cyclic N) is 2. The minimum atomic E-state index is -0.727. The zero-order valence-corrected chi connectivity index (χ0v) is 67.3. The summed E-state index contributed by atoms with van der Waals surface area (Å²) in [6.45, 7) is 15.8. The number of nitrogens with two attached hydrogens (primary N) is 1. The Morgan fingerprint density at radius 3 is 1.21 bits per heavy atom. The molecule has 618 valence electrons. The number of nitrogens with one attached hydrogen (secondary N) is 4. The Kier molecular flexibility index (Phi) is 26.3. The predicted octanol–water partition coefficient (Wildman–Crippen LogP) is 7.86. The molecule has 3 atom stereocenters. The molecule has 0 amide bonds. The average Bonchev–Trinajstić information content (AvgIpc) is 0.820. The summed E-state index contributed by atoms with van der Waals surface area (Å²) in [5, 5.41) is 43.0. The van der Waals surface area contributed by atoms with Crippen LogP contribution in [-0.4, -0.2) is 246 Å². The molecule has 33 nitrogen and oxygen atoms in total. The van der Waals surface area contributed by atoms with Crippen molar-refractivity contribution < 1.29 is 20.1 Å². The monoisotopic (exact) mass is 1620 g/mol. The van der Waals surface area contributed by atoms with Crippen molar-refractivity contribution in [1.29, 1.82) is 0 Å². The molecular weight excluding hydrogens is 1520 g/mol. The number of benzene rings is 6. The minimum absolute atomic E-state index is 0.256. The zero-order valence-electron chi connectivity index (χ0n) is 67.3. The lowest BCUT2D eigenvalue weighted by Crippen LogP contribution is -2.47. The van der Waals surface area contributed by atoms with Crippen LogP contribution in [0.25, 0.3) is 0 Å². The van der Waals surface area contributed by atoms with Gasteiger partial charge in [0.05, 0.1) is 31.1 Å². The molecule has 0 aliphatic carbocycles. The lowest BCUT2D eigenvalue weighted by atomic mass is 10.0. The van der Waals surface area contributed by atoms with E-state index in [1.165, 1.54) is 29.3 Å². The number of ether oxygens (including phenoxy) is 1. The number of nitrogens with zero attached hydrogens (tertiary/aromatic N) is 24. The highest BCUT2D eigenvalue weighted by Crippen LogP contribution is 2.34. The Hall–Kier alpha value is -13.4. The number of hydrogen-bond acceptors (Lipinski definition) is 33. The first-order chi connectivity index (χ1) is 59.0. The SMILES string of the molecule is COc1cc(N2CCNCC2)ccc1Nc1ncnc(N2CCN(c3ncc(Cc4ccccc4)cn3)CC2)n1.Nc1nc(N2CCN(c3ncnc(Nc4ccc(N5CCC[C@@H](O)C5)cc4)n3)CC2)ncc1Cc1ccccc1.O[C@@H]1CCN(c2ccc(Nc3ncnc(N4CCN(c5ncc(Cc6ccccc6)cn5)CC4)n3)cc2)C[C@@H]1O. The molecule has 6 aromatic carbocycles. The second kappa shape index (κ2) is 39.3. The van der Waals surface area contributed by atoms with Crippen molar-refractivity contribution >= 4 is 93.5 Å². The lowest BCUT2D eigenvalue weighted by molar-refractivity contribution is 0.00802. The molecule has 0 saturated carbocycles. The number of aliphatic hydroxyl groups excluding tert-OH is 3. The van der Waals surface area contributed by atoms with Gasteiger partial charge in [-0.15, -0.1) is 0 Å². The number of anilines is 16. The maximum absolute atomic E-state index is 9.98. The number of nitrogen functional groups attached to an aromatic ring is 1. The van der Waals surface area contributed by atoms with Crippen LogP contribution < -0.4 is 75.8 Å². The quantitative estimate of drug-likeness (QED) is 0.0320. The molecular formula is C87H101N29O4. The minimum Gasteiger partial charge on any atom is -0.494 e. The van der Waals surface area contributed by atoms with E-state index in [9.17, 15) is 15.3 Å². The average molecular weight is 1620 g/mol. The predicted molar refractivity (Wildman–Crippen MR) is 468 cm³/mol. The van der Waals surface area contributed by atoms with E-state index in [1.54, 1.807) is 13.4 Å². The fourth-order valence-electron chi connectivity index (χ4n) is 15.3.